The van der Waals surface area contributed by atoms with Gasteiger partial charge in [0.1, 0.15) is 5.75 Å². The summed E-state index contributed by atoms with van der Waals surface area (Å²) in [5.41, 5.74) is 2.30. The highest BCUT2D eigenvalue weighted by Gasteiger charge is 2.24. The van der Waals surface area contributed by atoms with Crippen LogP contribution in [-0.2, 0) is 10.0 Å². The van der Waals surface area contributed by atoms with Gasteiger partial charge in [0, 0.05) is 54.1 Å². The van der Waals surface area contributed by atoms with E-state index in [1.165, 1.54) is 4.90 Å². The van der Waals surface area contributed by atoms with Crippen LogP contribution in [0.4, 0.5) is 16.4 Å². The lowest BCUT2D eigenvalue weighted by Gasteiger charge is -2.31. The number of ether oxygens (including phenoxy) is 1. The second-order valence-electron chi connectivity index (χ2n) is 9.50. The first-order chi connectivity index (χ1) is 19.1. The van der Waals surface area contributed by atoms with Crippen molar-refractivity contribution in [2.24, 2.45) is 0 Å². The van der Waals surface area contributed by atoms with E-state index in [1.807, 2.05) is 25.1 Å². The van der Waals surface area contributed by atoms with Crippen LogP contribution < -0.4 is 13.9 Å². The van der Waals surface area contributed by atoms with E-state index >= 15 is 0 Å². The smallest absolute Gasteiger partial charge is 0.407 e. The van der Waals surface area contributed by atoms with E-state index in [1.54, 1.807) is 42.7 Å². The first-order valence-corrected chi connectivity index (χ1v) is 14.7. The highest BCUT2D eigenvalue weighted by atomic mass is 35.5. The number of nitrogens with zero attached hydrogens (tertiary/aromatic N) is 5. The third-order valence-electron chi connectivity index (χ3n) is 6.59. The molecule has 2 N–H and O–H groups in total. The molecule has 0 radical (unpaired) electrons. The number of hydrogen-bond donors (Lipinski definition) is 2. The highest BCUT2D eigenvalue weighted by Crippen LogP contribution is 2.40. The maximum atomic E-state index is 12.1. The molecule has 11 nitrogen and oxygen atoms in total. The summed E-state index contributed by atoms with van der Waals surface area (Å²) in [6, 6.07) is 14.0. The quantitative estimate of drug-likeness (QED) is 0.279. The SMILES string of the molecule is Cc1ccc2c(N(Cl)S(C)(=O)=O)cccc2c1Oc1ncccc1-c1ccnc(NC2CCCN(C(=O)O)C2)n1. The van der Waals surface area contributed by atoms with Gasteiger partial charge in [-0.2, -0.15) is 3.82 Å². The van der Waals surface area contributed by atoms with E-state index < -0.39 is 16.1 Å². The second-order valence-corrected chi connectivity index (χ2v) is 11.9. The van der Waals surface area contributed by atoms with Crippen molar-refractivity contribution < 1.29 is 23.1 Å². The number of piperidine rings is 1. The summed E-state index contributed by atoms with van der Waals surface area (Å²) < 4.78 is 31.4. The fourth-order valence-electron chi connectivity index (χ4n) is 4.68. The van der Waals surface area contributed by atoms with Crippen LogP contribution in [0.3, 0.4) is 0 Å². The normalized spacial score (nSPS) is 15.6. The number of hydrogen-bond acceptors (Lipinski definition) is 8. The molecule has 1 amide bonds. The first kappa shape index (κ1) is 27.4. The summed E-state index contributed by atoms with van der Waals surface area (Å²) in [6.45, 7) is 2.75. The van der Waals surface area contributed by atoms with E-state index in [0.29, 0.717) is 58.4 Å². The predicted octanol–water partition coefficient (Wildman–Crippen LogP) is 5.27. The Kier molecular flexibility index (Phi) is 7.63. The minimum atomic E-state index is -3.70. The Morgan fingerprint density at radius 1 is 1.12 bits per heavy atom. The van der Waals surface area contributed by atoms with Crippen molar-refractivity contribution in [1.82, 2.24) is 19.9 Å². The molecule has 3 heterocycles. The lowest BCUT2D eigenvalue weighted by molar-refractivity contribution is 0.132. The molecule has 208 valence electrons. The van der Waals surface area contributed by atoms with E-state index in [4.69, 9.17) is 16.5 Å². The van der Waals surface area contributed by atoms with Gasteiger partial charge in [0.25, 0.3) is 0 Å². The van der Waals surface area contributed by atoms with Gasteiger partial charge in [-0.3, -0.25) is 0 Å². The molecular weight excluding hydrogens is 556 g/mol. The molecule has 4 aromatic rings. The van der Waals surface area contributed by atoms with Crippen LogP contribution in [0.1, 0.15) is 18.4 Å². The molecule has 2 aromatic heterocycles. The van der Waals surface area contributed by atoms with Crippen molar-refractivity contribution in [3.05, 3.63) is 66.5 Å². The monoisotopic (exact) mass is 582 g/mol. The number of amides is 1. The molecule has 1 fully saturated rings. The second kappa shape index (κ2) is 11.1. The van der Waals surface area contributed by atoms with E-state index in [9.17, 15) is 18.3 Å². The van der Waals surface area contributed by atoms with Gasteiger partial charge in [-0.15, -0.1) is 0 Å². The number of halogens is 1. The molecule has 1 saturated heterocycles. The Labute approximate surface area is 236 Å². The number of anilines is 2. The zero-order valence-corrected chi connectivity index (χ0v) is 23.4. The van der Waals surface area contributed by atoms with Crippen molar-refractivity contribution in [3.63, 3.8) is 0 Å². The maximum Gasteiger partial charge on any atom is 0.407 e. The molecule has 1 unspecified atom stereocenters. The highest BCUT2D eigenvalue weighted by molar-refractivity contribution is 7.93. The lowest BCUT2D eigenvalue weighted by Crippen LogP contribution is -2.44. The Balaban J connectivity index is 1.48. The summed E-state index contributed by atoms with van der Waals surface area (Å²) >= 11 is 6.17. The minimum Gasteiger partial charge on any atom is -0.465 e. The molecule has 0 aliphatic carbocycles. The summed E-state index contributed by atoms with van der Waals surface area (Å²) in [6.07, 6.45) is 4.88. The van der Waals surface area contributed by atoms with Crippen LogP contribution in [0.5, 0.6) is 11.6 Å². The number of aromatic nitrogens is 3. The van der Waals surface area contributed by atoms with Crippen molar-refractivity contribution in [3.8, 4) is 22.9 Å². The van der Waals surface area contributed by atoms with Crippen molar-refractivity contribution >= 4 is 50.3 Å². The average molecular weight is 583 g/mol. The third kappa shape index (κ3) is 5.73. The van der Waals surface area contributed by atoms with Crippen LogP contribution in [-0.4, -0.2) is 64.9 Å². The number of carboxylic acid groups (broad SMARTS) is 1. The Morgan fingerprint density at radius 2 is 1.95 bits per heavy atom. The average Bonchev–Trinajstić information content (AvgIpc) is 2.94. The molecule has 1 aliphatic heterocycles. The maximum absolute atomic E-state index is 12.1. The van der Waals surface area contributed by atoms with Crippen LogP contribution in [0.25, 0.3) is 22.0 Å². The topological polar surface area (TPSA) is 138 Å². The van der Waals surface area contributed by atoms with Gasteiger partial charge in [-0.1, -0.05) is 24.3 Å². The van der Waals surface area contributed by atoms with Crippen molar-refractivity contribution in [1.29, 1.82) is 0 Å². The van der Waals surface area contributed by atoms with Gasteiger partial charge in [-0.05, 0) is 49.6 Å². The number of rotatable bonds is 7. The number of aryl methyl sites for hydroxylation is 1. The molecule has 0 bridgehead atoms. The number of carbonyl (C=O) groups is 1. The van der Waals surface area contributed by atoms with Gasteiger partial charge < -0.3 is 20.1 Å². The van der Waals surface area contributed by atoms with Crippen molar-refractivity contribution in [2.75, 3.05) is 28.5 Å². The van der Waals surface area contributed by atoms with Gasteiger partial charge in [-0.25, -0.2) is 28.2 Å². The van der Waals surface area contributed by atoms with Crippen LogP contribution >= 0.6 is 11.8 Å². The fraction of sp³-hybridized carbons (Fsp3) is 0.259. The number of likely N-dealkylation sites (tertiary alicyclic amines) is 1. The predicted molar refractivity (Wildman–Crippen MR) is 153 cm³/mol. The zero-order valence-electron chi connectivity index (χ0n) is 21.8. The zero-order chi connectivity index (χ0) is 28.4. The molecule has 40 heavy (non-hydrogen) atoms. The lowest BCUT2D eigenvalue weighted by atomic mass is 10.0. The van der Waals surface area contributed by atoms with Crippen LogP contribution in [0.2, 0.25) is 0 Å². The third-order valence-corrected chi connectivity index (χ3v) is 8.31. The van der Waals surface area contributed by atoms with Crippen LogP contribution in [0, 0.1) is 6.92 Å². The van der Waals surface area contributed by atoms with Gasteiger partial charge in [0.15, 0.2) is 0 Å². The molecule has 2 aromatic carbocycles. The van der Waals surface area contributed by atoms with E-state index in [0.717, 1.165) is 28.5 Å². The van der Waals surface area contributed by atoms with Gasteiger partial charge in [0.05, 0.1) is 23.2 Å². The molecule has 1 atom stereocenters. The molecule has 1 aliphatic rings. The van der Waals surface area contributed by atoms with Crippen LogP contribution in [0.15, 0.2) is 60.9 Å². The van der Waals surface area contributed by atoms with E-state index in [-0.39, 0.29) is 6.04 Å². The Morgan fingerprint density at radius 3 is 2.73 bits per heavy atom. The van der Waals surface area contributed by atoms with E-state index in [2.05, 4.69) is 20.3 Å². The summed E-state index contributed by atoms with van der Waals surface area (Å²) in [7, 11) is -3.70. The summed E-state index contributed by atoms with van der Waals surface area (Å²) in [5, 5.41) is 13.8. The minimum absolute atomic E-state index is 0.106. The first-order valence-electron chi connectivity index (χ1n) is 12.5. The molecule has 5 rings (SSSR count). The standard InChI is InChI=1S/C27H27ClN6O5S/c1-17-10-11-19-20(7-3-9-23(19)34(28)40(2,37)38)24(17)39-25-21(8-4-13-29-25)22-12-14-30-26(32-22)31-18-6-5-15-33(16-18)27(35)36/h3-4,7-14,18H,5-6,15-16H2,1-2H3,(H,35,36)(H,30,31,32). The van der Waals surface area contributed by atoms with Gasteiger partial charge in [0.2, 0.25) is 21.9 Å². The summed E-state index contributed by atoms with van der Waals surface area (Å²) in [4.78, 5) is 26.2. The molecular formula is C27H27ClN6O5S. The largest absolute Gasteiger partial charge is 0.465 e. The number of nitrogens with one attached hydrogen (secondary N) is 1. The molecule has 13 heteroatoms. The van der Waals surface area contributed by atoms with Crippen molar-refractivity contribution in [2.45, 2.75) is 25.8 Å². The van der Waals surface area contributed by atoms with Gasteiger partial charge >= 0.3 is 6.09 Å². The Hall–Kier alpha value is -4.16. The molecule has 0 spiro atoms. The number of fused-ring (bicyclic) bond motifs is 1. The summed E-state index contributed by atoms with van der Waals surface area (Å²) in [5.74, 6) is 1.17. The fourth-order valence-corrected chi connectivity index (χ4v) is 5.35. The number of benzene rings is 2. The number of pyridine rings is 1. The Bertz CT molecular complexity index is 1690. The molecule has 0 saturated carbocycles. The number of sulfonamides is 1.